The number of rotatable bonds is 9. The van der Waals surface area contributed by atoms with Crippen LogP contribution < -0.4 is 20.3 Å². The normalized spacial score (nSPS) is 10.1. The lowest BCUT2D eigenvalue weighted by Gasteiger charge is -2.12. The number of para-hydroxylation sites is 2. The number of carbonyl (C=O) groups is 2. The Morgan fingerprint density at radius 2 is 1.33 bits per heavy atom. The van der Waals surface area contributed by atoms with Crippen LogP contribution >= 0.6 is 0 Å². The highest BCUT2D eigenvalue weighted by molar-refractivity contribution is 5.83. The maximum Gasteiger partial charge on any atom is 0.276 e. The molecule has 0 radical (unpaired) electrons. The van der Waals surface area contributed by atoms with E-state index in [9.17, 15) is 9.59 Å². The van der Waals surface area contributed by atoms with E-state index in [1.165, 1.54) is 0 Å². The first-order chi connectivity index (χ1) is 14.7. The lowest BCUT2D eigenvalue weighted by atomic mass is 10.1. The minimum absolute atomic E-state index is 0.207. The van der Waals surface area contributed by atoms with Gasteiger partial charge in [-0.3, -0.25) is 20.4 Å². The van der Waals surface area contributed by atoms with Crippen molar-refractivity contribution in [3.05, 3.63) is 84.9 Å². The summed E-state index contributed by atoms with van der Waals surface area (Å²) in [6, 6.07) is 26.7. The van der Waals surface area contributed by atoms with E-state index in [4.69, 9.17) is 9.47 Å². The van der Waals surface area contributed by atoms with Crippen molar-refractivity contribution in [2.45, 2.75) is 12.8 Å². The summed E-state index contributed by atoms with van der Waals surface area (Å²) in [6.07, 6.45) is 0.780. The molecule has 3 aromatic carbocycles. The Kier molecular flexibility index (Phi) is 7.85. The highest BCUT2D eigenvalue weighted by atomic mass is 16.5. The van der Waals surface area contributed by atoms with Gasteiger partial charge in [0, 0.05) is 12.0 Å². The molecule has 0 bridgehead atoms. The molecule has 154 valence electrons. The maximum atomic E-state index is 12.0. The van der Waals surface area contributed by atoms with E-state index in [1.54, 1.807) is 6.07 Å². The van der Waals surface area contributed by atoms with Gasteiger partial charge in [-0.05, 0) is 30.2 Å². The van der Waals surface area contributed by atoms with Gasteiger partial charge in [0.1, 0.15) is 11.5 Å². The topological polar surface area (TPSA) is 76.7 Å². The van der Waals surface area contributed by atoms with Crippen LogP contribution in [0.5, 0.6) is 11.5 Å². The molecule has 0 heterocycles. The Hall–Kier alpha value is -3.80. The lowest BCUT2D eigenvalue weighted by molar-refractivity contribution is -0.130. The average molecular weight is 404 g/mol. The molecular formula is C24H24N2O4. The van der Waals surface area contributed by atoms with Gasteiger partial charge in [0.05, 0.1) is 6.61 Å². The number of ether oxygens (including phenoxy) is 2. The molecule has 0 atom stereocenters. The van der Waals surface area contributed by atoms with Crippen molar-refractivity contribution in [3.8, 4) is 22.6 Å². The fraction of sp³-hybridized carbons (Fsp3) is 0.167. The minimum Gasteiger partial charge on any atom is -0.494 e. The van der Waals surface area contributed by atoms with Crippen LogP contribution in [-0.2, 0) is 9.59 Å². The third-order valence-corrected chi connectivity index (χ3v) is 4.23. The van der Waals surface area contributed by atoms with Gasteiger partial charge in [-0.2, -0.15) is 0 Å². The first-order valence-electron chi connectivity index (χ1n) is 9.75. The summed E-state index contributed by atoms with van der Waals surface area (Å²) in [4.78, 5) is 23.9. The van der Waals surface area contributed by atoms with E-state index in [2.05, 4.69) is 10.9 Å². The summed E-state index contributed by atoms with van der Waals surface area (Å²) in [5.41, 5.74) is 6.65. The standard InChI is InChI=1S/C24H24N2O4/c27-23(16-9-17-29-20-12-5-2-6-13-20)25-26-24(28)18-30-22-15-8-7-14-21(22)19-10-3-1-4-11-19/h1-8,10-15H,9,16-18H2,(H,25,27)(H,26,28). The molecule has 2 N–H and O–H groups in total. The number of amides is 2. The van der Waals surface area contributed by atoms with Crippen molar-refractivity contribution in [3.63, 3.8) is 0 Å². The van der Waals surface area contributed by atoms with Crippen molar-refractivity contribution in [2.24, 2.45) is 0 Å². The second kappa shape index (κ2) is 11.3. The number of hydrazine groups is 1. The number of hydrogen-bond acceptors (Lipinski definition) is 4. The van der Waals surface area contributed by atoms with Crippen LogP contribution in [0, 0.1) is 0 Å². The Bertz CT molecular complexity index is 946. The third-order valence-electron chi connectivity index (χ3n) is 4.23. The van der Waals surface area contributed by atoms with Crippen LogP contribution in [0.4, 0.5) is 0 Å². The van der Waals surface area contributed by atoms with Crippen molar-refractivity contribution in [1.82, 2.24) is 10.9 Å². The van der Waals surface area contributed by atoms with Gasteiger partial charge in [0.25, 0.3) is 5.91 Å². The maximum absolute atomic E-state index is 12.0. The molecule has 0 unspecified atom stereocenters. The molecule has 6 heteroatoms. The van der Waals surface area contributed by atoms with Gasteiger partial charge in [-0.25, -0.2) is 0 Å². The molecule has 0 aliphatic heterocycles. The zero-order valence-electron chi connectivity index (χ0n) is 16.5. The molecule has 0 fully saturated rings. The smallest absolute Gasteiger partial charge is 0.276 e. The van der Waals surface area contributed by atoms with Gasteiger partial charge in [0.2, 0.25) is 5.91 Å². The van der Waals surface area contributed by atoms with Gasteiger partial charge < -0.3 is 9.47 Å². The molecule has 3 rings (SSSR count). The van der Waals surface area contributed by atoms with E-state index in [0.717, 1.165) is 16.9 Å². The van der Waals surface area contributed by atoms with E-state index in [-0.39, 0.29) is 18.9 Å². The largest absolute Gasteiger partial charge is 0.494 e. The Labute approximate surface area is 175 Å². The number of nitrogens with one attached hydrogen (secondary N) is 2. The fourth-order valence-corrected chi connectivity index (χ4v) is 2.77. The zero-order chi connectivity index (χ0) is 21.0. The summed E-state index contributed by atoms with van der Waals surface area (Å²) < 4.78 is 11.2. The molecule has 0 saturated heterocycles. The van der Waals surface area contributed by atoms with E-state index < -0.39 is 5.91 Å². The van der Waals surface area contributed by atoms with Crippen LogP contribution in [0.2, 0.25) is 0 Å². The first kappa shape index (κ1) is 20.9. The number of hydrogen-bond donors (Lipinski definition) is 2. The highest BCUT2D eigenvalue weighted by Crippen LogP contribution is 2.29. The summed E-state index contributed by atoms with van der Waals surface area (Å²) in [5, 5.41) is 0. The van der Waals surface area contributed by atoms with Gasteiger partial charge in [-0.1, -0.05) is 66.7 Å². The average Bonchev–Trinajstić information content (AvgIpc) is 2.80. The number of benzene rings is 3. The molecule has 0 saturated carbocycles. The number of carbonyl (C=O) groups excluding carboxylic acids is 2. The molecule has 0 aliphatic rings. The van der Waals surface area contributed by atoms with Crippen molar-refractivity contribution >= 4 is 11.8 Å². The lowest BCUT2D eigenvalue weighted by Crippen LogP contribution is -2.43. The van der Waals surface area contributed by atoms with Crippen LogP contribution in [0.25, 0.3) is 11.1 Å². The molecule has 0 aliphatic carbocycles. The monoisotopic (exact) mass is 404 g/mol. The SMILES string of the molecule is O=C(CCCOc1ccccc1)NNC(=O)COc1ccccc1-c1ccccc1. The van der Waals surface area contributed by atoms with Crippen molar-refractivity contribution < 1.29 is 19.1 Å². The van der Waals surface area contributed by atoms with Crippen molar-refractivity contribution in [1.29, 1.82) is 0 Å². The van der Waals surface area contributed by atoms with Crippen LogP contribution in [0.15, 0.2) is 84.9 Å². The highest BCUT2D eigenvalue weighted by Gasteiger charge is 2.09. The minimum atomic E-state index is -0.438. The van der Waals surface area contributed by atoms with E-state index in [0.29, 0.717) is 18.8 Å². The first-order valence-corrected chi connectivity index (χ1v) is 9.75. The van der Waals surface area contributed by atoms with E-state index in [1.807, 2.05) is 78.9 Å². The van der Waals surface area contributed by atoms with Gasteiger partial charge >= 0.3 is 0 Å². The molecule has 30 heavy (non-hydrogen) atoms. The van der Waals surface area contributed by atoms with E-state index >= 15 is 0 Å². The Morgan fingerprint density at radius 1 is 0.700 bits per heavy atom. The summed E-state index contributed by atoms with van der Waals surface area (Å²) >= 11 is 0. The summed E-state index contributed by atoms with van der Waals surface area (Å²) in [5.74, 6) is 0.638. The predicted molar refractivity (Wildman–Crippen MR) is 115 cm³/mol. The predicted octanol–water partition coefficient (Wildman–Crippen LogP) is 3.74. The second-order valence-corrected chi connectivity index (χ2v) is 6.51. The Balaban J connectivity index is 1.37. The molecule has 2 amide bonds. The summed E-state index contributed by atoms with van der Waals surface area (Å²) in [7, 11) is 0. The quantitative estimate of drug-likeness (QED) is 0.421. The molecule has 3 aromatic rings. The van der Waals surface area contributed by atoms with Gasteiger partial charge in [-0.15, -0.1) is 0 Å². The van der Waals surface area contributed by atoms with Gasteiger partial charge in [0.15, 0.2) is 6.61 Å². The third kappa shape index (κ3) is 6.67. The molecule has 0 spiro atoms. The Morgan fingerprint density at radius 3 is 2.10 bits per heavy atom. The molecular weight excluding hydrogens is 380 g/mol. The zero-order valence-corrected chi connectivity index (χ0v) is 16.5. The van der Waals surface area contributed by atoms with Crippen molar-refractivity contribution in [2.75, 3.05) is 13.2 Å². The van der Waals surface area contributed by atoms with Crippen LogP contribution in [0.3, 0.4) is 0 Å². The summed E-state index contributed by atoms with van der Waals surface area (Å²) in [6.45, 7) is 0.214. The fourth-order valence-electron chi connectivity index (χ4n) is 2.77. The van der Waals surface area contributed by atoms with Crippen LogP contribution in [0.1, 0.15) is 12.8 Å². The second-order valence-electron chi connectivity index (χ2n) is 6.51. The molecule has 6 nitrogen and oxygen atoms in total. The van der Waals surface area contributed by atoms with Crippen LogP contribution in [-0.4, -0.2) is 25.0 Å². The molecule has 0 aromatic heterocycles.